The van der Waals surface area contributed by atoms with Crippen LogP contribution >= 0.6 is 11.6 Å². The highest BCUT2D eigenvalue weighted by Gasteiger charge is 2.24. The summed E-state index contributed by atoms with van der Waals surface area (Å²) in [6, 6.07) is 0. The van der Waals surface area contributed by atoms with Gasteiger partial charge in [0, 0.05) is 18.5 Å². The van der Waals surface area contributed by atoms with E-state index in [9.17, 15) is 4.79 Å². The number of carboxylic acids is 1. The average Bonchev–Trinajstić information content (AvgIpc) is 2.18. The Morgan fingerprint density at radius 1 is 1.47 bits per heavy atom. The molecule has 0 saturated heterocycles. The van der Waals surface area contributed by atoms with Crippen molar-refractivity contribution in [2.45, 2.75) is 37.5 Å². The van der Waals surface area contributed by atoms with Crippen LogP contribution in [0.4, 0.5) is 0 Å². The molecule has 1 aliphatic rings. The molecule has 0 aromatic carbocycles. The Bertz CT molecular complexity index is 211. The van der Waals surface area contributed by atoms with Gasteiger partial charge in [-0.05, 0) is 25.8 Å². The van der Waals surface area contributed by atoms with Gasteiger partial charge in [-0.1, -0.05) is 12.8 Å². The van der Waals surface area contributed by atoms with Crippen LogP contribution in [-0.2, 0) is 4.79 Å². The summed E-state index contributed by atoms with van der Waals surface area (Å²) in [7, 11) is 1.97. The predicted molar refractivity (Wildman–Crippen MR) is 61.3 cm³/mol. The Labute approximate surface area is 96.4 Å². The van der Waals surface area contributed by atoms with E-state index in [2.05, 4.69) is 4.90 Å². The maximum Gasteiger partial charge on any atom is 0.304 e. The summed E-state index contributed by atoms with van der Waals surface area (Å²) in [5, 5.41) is 8.85. The van der Waals surface area contributed by atoms with Crippen molar-refractivity contribution < 1.29 is 9.90 Å². The molecule has 0 heterocycles. The molecule has 1 N–H and O–H groups in total. The van der Waals surface area contributed by atoms with Crippen molar-refractivity contribution in [1.29, 1.82) is 0 Å². The molecule has 0 bridgehead atoms. The first-order chi connectivity index (χ1) is 7.09. The lowest BCUT2D eigenvalue weighted by atomic mass is 9.88. The first-order valence-corrected chi connectivity index (χ1v) is 6.07. The van der Waals surface area contributed by atoms with Gasteiger partial charge in [-0.2, -0.15) is 0 Å². The molecule has 4 heteroatoms. The van der Waals surface area contributed by atoms with Crippen molar-refractivity contribution in [3.05, 3.63) is 0 Å². The van der Waals surface area contributed by atoms with Gasteiger partial charge in [-0.3, -0.25) is 4.79 Å². The van der Waals surface area contributed by atoms with E-state index in [4.69, 9.17) is 16.7 Å². The van der Waals surface area contributed by atoms with Gasteiger partial charge < -0.3 is 10.0 Å². The molecule has 1 aliphatic carbocycles. The molecule has 88 valence electrons. The number of hydrogen-bond donors (Lipinski definition) is 1. The number of halogens is 1. The summed E-state index contributed by atoms with van der Waals surface area (Å²) in [6.07, 6.45) is 5.02. The van der Waals surface area contributed by atoms with Crippen LogP contribution in [-0.4, -0.2) is 41.5 Å². The van der Waals surface area contributed by atoms with Gasteiger partial charge in [0.1, 0.15) is 0 Å². The molecule has 2 unspecified atom stereocenters. The fourth-order valence-corrected chi connectivity index (χ4v) is 2.51. The van der Waals surface area contributed by atoms with Crippen molar-refractivity contribution in [2.24, 2.45) is 5.92 Å². The van der Waals surface area contributed by atoms with Crippen LogP contribution < -0.4 is 0 Å². The lowest BCUT2D eigenvalue weighted by Crippen LogP contribution is -2.33. The highest BCUT2D eigenvalue weighted by molar-refractivity contribution is 6.20. The summed E-state index contributed by atoms with van der Waals surface area (Å²) in [5.74, 6) is -0.188. The number of aliphatic carboxylic acids is 1. The molecule has 1 saturated carbocycles. The normalized spacial score (nSPS) is 26.9. The maximum atomic E-state index is 10.4. The zero-order valence-corrected chi connectivity index (χ0v) is 10.0. The summed E-state index contributed by atoms with van der Waals surface area (Å²) < 4.78 is 0. The van der Waals surface area contributed by atoms with Crippen LogP contribution in [0.15, 0.2) is 0 Å². The van der Waals surface area contributed by atoms with E-state index in [1.54, 1.807) is 0 Å². The fourth-order valence-electron chi connectivity index (χ4n) is 2.15. The van der Waals surface area contributed by atoms with Gasteiger partial charge in [-0.25, -0.2) is 0 Å². The quantitative estimate of drug-likeness (QED) is 0.741. The van der Waals surface area contributed by atoms with E-state index in [-0.39, 0.29) is 11.8 Å². The molecule has 0 aromatic heterocycles. The average molecular weight is 234 g/mol. The highest BCUT2D eigenvalue weighted by Crippen LogP contribution is 2.28. The Morgan fingerprint density at radius 3 is 2.73 bits per heavy atom. The van der Waals surface area contributed by atoms with Crippen molar-refractivity contribution in [3.8, 4) is 0 Å². The topological polar surface area (TPSA) is 40.5 Å². The zero-order valence-electron chi connectivity index (χ0n) is 9.29. The van der Waals surface area contributed by atoms with Crippen LogP contribution in [0.5, 0.6) is 0 Å². The van der Waals surface area contributed by atoms with Crippen LogP contribution in [0.1, 0.15) is 32.1 Å². The second kappa shape index (κ2) is 6.33. The molecule has 1 fully saturated rings. The van der Waals surface area contributed by atoms with Crippen LogP contribution in [0.3, 0.4) is 0 Å². The molecule has 0 spiro atoms. The second-order valence-corrected chi connectivity index (χ2v) is 5.03. The molecule has 3 nitrogen and oxygen atoms in total. The minimum Gasteiger partial charge on any atom is -0.481 e. The van der Waals surface area contributed by atoms with E-state index >= 15 is 0 Å². The zero-order chi connectivity index (χ0) is 11.3. The summed E-state index contributed by atoms with van der Waals surface area (Å²) >= 11 is 6.25. The lowest BCUT2D eigenvalue weighted by molar-refractivity contribution is -0.137. The van der Waals surface area contributed by atoms with Gasteiger partial charge in [0.15, 0.2) is 0 Å². The third-order valence-corrected chi connectivity index (χ3v) is 3.64. The third kappa shape index (κ3) is 4.85. The first-order valence-electron chi connectivity index (χ1n) is 5.64. The Kier molecular flexibility index (Phi) is 5.40. The fraction of sp³-hybridized carbons (Fsp3) is 0.909. The number of carboxylic acid groups (broad SMARTS) is 1. The molecular formula is C11H20ClNO2. The van der Waals surface area contributed by atoms with E-state index < -0.39 is 5.97 Å². The van der Waals surface area contributed by atoms with E-state index in [1.807, 2.05) is 7.05 Å². The van der Waals surface area contributed by atoms with E-state index in [0.717, 1.165) is 13.0 Å². The molecule has 0 aliphatic heterocycles. The van der Waals surface area contributed by atoms with Gasteiger partial charge in [0.05, 0.1) is 6.42 Å². The largest absolute Gasteiger partial charge is 0.481 e. The first kappa shape index (κ1) is 12.8. The Morgan fingerprint density at radius 2 is 2.13 bits per heavy atom. The van der Waals surface area contributed by atoms with Crippen LogP contribution in [0.2, 0.25) is 0 Å². The van der Waals surface area contributed by atoms with E-state index in [0.29, 0.717) is 12.5 Å². The van der Waals surface area contributed by atoms with Gasteiger partial charge in [0.25, 0.3) is 0 Å². The molecular weight excluding hydrogens is 214 g/mol. The number of hydrogen-bond acceptors (Lipinski definition) is 2. The smallest absolute Gasteiger partial charge is 0.304 e. The van der Waals surface area contributed by atoms with Crippen LogP contribution in [0, 0.1) is 5.92 Å². The van der Waals surface area contributed by atoms with Crippen molar-refractivity contribution in [3.63, 3.8) is 0 Å². The Balaban J connectivity index is 2.23. The Hall–Kier alpha value is -0.280. The molecule has 0 radical (unpaired) electrons. The number of alkyl halides is 1. The predicted octanol–water partition coefficient (Wildman–Crippen LogP) is 2.19. The molecule has 0 aromatic rings. The minimum absolute atomic E-state index is 0.218. The van der Waals surface area contributed by atoms with Gasteiger partial charge in [-0.15, -0.1) is 11.6 Å². The van der Waals surface area contributed by atoms with Gasteiger partial charge >= 0.3 is 5.97 Å². The van der Waals surface area contributed by atoms with Crippen molar-refractivity contribution in [2.75, 3.05) is 20.1 Å². The second-order valence-electron chi connectivity index (χ2n) is 4.47. The molecule has 1 rings (SSSR count). The SMILES string of the molecule is CN(CCC(=O)O)CC1CCCCC1Cl. The maximum absolute atomic E-state index is 10.4. The summed E-state index contributed by atoms with van der Waals surface area (Å²) in [6.45, 7) is 1.55. The number of carbonyl (C=O) groups is 1. The van der Waals surface area contributed by atoms with Gasteiger partial charge in [0.2, 0.25) is 0 Å². The number of nitrogens with zero attached hydrogens (tertiary/aromatic N) is 1. The standard InChI is InChI=1S/C11H20ClNO2/c1-13(7-6-11(14)15)8-9-4-2-3-5-10(9)12/h9-10H,2-8H2,1H3,(H,14,15). The van der Waals surface area contributed by atoms with E-state index in [1.165, 1.54) is 19.3 Å². The monoisotopic (exact) mass is 233 g/mol. The summed E-state index contributed by atoms with van der Waals surface area (Å²) in [5.41, 5.74) is 0. The highest BCUT2D eigenvalue weighted by atomic mass is 35.5. The van der Waals surface area contributed by atoms with Crippen molar-refractivity contribution in [1.82, 2.24) is 4.90 Å². The lowest BCUT2D eigenvalue weighted by Gasteiger charge is -2.30. The van der Waals surface area contributed by atoms with Crippen molar-refractivity contribution >= 4 is 17.6 Å². The minimum atomic E-state index is -0.729. The van der Waals surface area contributed by atoms with Crippen LogP contribution in [0.25, 0.3) is 0 Å². The molecule has 2 atom stereocenters. The molecule has 0 amide bonds. The number of rotatable bonds is 5. The molecule has 15 heavy (non-hydrogen) atoms. The summed E-state index contributed by atoms with van der Waals surface area (Å²) in [4.78, 5) is 12.5. The third-order valence-electron chi connectivity index (χ3n) is 3.07.